The van der Waals surface area contributed by atoms with Crippen LogP contribution >= 0.6 is 11.6 Å². The number of carbonyl (C=O) groups is 2. The standard InChI is InChI=1S/C17H18ClF3N4O3/c1-10-7-14(24-28-10)23-15(26)5-6-25(2)9-16(27)22-11-3-4-13(18)12(8-11)17(19,20)21/h3-4,7-8H,5-6,9H2,1-2H3,(H,22,27)(H,23,24,26). The summed E-state index contributed by atoms with van der Waals surface area (Å²) in [6.07, 6.45) is -4.53. The molecular formula is C17H18ClF3N4O3. The van der Waals surface area contributed by atoms with Crippen LogP contribution in [0.2, 0.25) is 5.02 Å². The summed E-state index contributed by atoms with van der Waals surface area (Å²) in [6, 6.07) is 4.69. The van der Waals surface area contributed by atoms with E-state index in [-0.39, 0.29) is 31.1 Å². The van der Waals surface area contributed by atoms with Gasteiger partial charge in [-0.15, -0.1) is 0 Å². The van der Waals surface area contributed by atoms with E-state index in [1.54, 1.807) is 24.9 Å². The first-order chi connectivity index (χ1) is 13.0. The van der Waals surface area contributed by atoms with Crippen molar-refractivity contribution < 1.29 is 27.3 Å². The van der Waals surface area contributed by atoms with Crippen LogP contribution in [0.25, 0.3) is 0 Å². The zero-order valence-electron chi connectivity index (χ0n) is 15.1. The Morgan fingerprint density at radius 1 is 1.21 bits per heavy atom. The maximum absolute atomic E-state index is 12.9. The van der Waals surface area contributed by atoms with E-state index in [1.807, 2.05) is 0 Å². The number of rotatable bonds is 7. The molecule has 1 aromatic heterocycles. The third-order valence-corrected chi connectivity index (χ3v) is 3.91. The second-order valence-corrected chi connectivity index (χ2v) is 6.51. The van der Waals surface area contributed by atoms with Gasteiger partial charge in [-0.25, -0.2) is 0 Å². The smallest absolute Gasteiger partial charge is 0.360 e. The second kappa shape index (κ2) is 9.07. The summed E-state index contributed by atoms with van der Waals surface area (Å²) in [7, 11) is 1.61. The molecule has 0 bridgehead atoms. The fourth-order valence-electron chi connectivity index (χ4n) is 2.27. The SMILES string of the molecule is Cc1cc(NC(=O)CCN(C)CC(=O)Nc2ccc(Cl)c(C(F)(F)F)c2)no1. The van der Waals surface area contributed by atoms with Crippen LogP contribution in [0, 0.1) is 6.92 Å². The lowest BCUT2D eigenvalue weighted by Crippen LogP contribution is -2.32. The van der Waals surface area contributed by atoms with Crippen molar-refractivity contribution in [3.8, 4) is 0 Å². The highest BCUT2D eigenvalue weighted by molar-refractivity contribution is 6.31. The van der Waals surface area contributed by atoms with Crippen LogP contribution in [-0.2, 0) is 15.8 Å². The van der Waals surface area contributed by atoms with Crippen LogP contribution in [0.1, 0.15) is 17.7 Å². The Kier molecular flexibility index (Phi) is 7.03. The molecule has 0 spiro atoms. The quantitative estimate of drug-likeness (QED) is 0.718. The van der Waals surface area contributed by atoms with Crippen molar-refractivity contribution in [3.63, 3.8) is 0 Å². The van der Waals surface area contributed by atoms with Crippen molar-refractivity contribution in [3.05, 3.63) is 40.6 Å². The molecule has 1 aromatic carbocycles. The molecule has 0 saturated heterocycles. The van der Waals surface area contributed by atoms with Crippen LogP contribution in [0.3, 0.4) is 0 Å². The Balaban J connectivity index is 1.81. The van der Waals surface area contributed by atoms with Crippen molar-refractivity contribution in [2.24, 2.45) is 0 Å². The fourth-order valence-corrected chi connectivity index (χ4v) is 2.49. The van der Waals surface area contributed by atoms with Gasteiger partial charge in [0.05, 0.1) is 17.1 Å². The molecule has 0 unspecified atom stereocenters. The lowest BCUT2D eigenvalue weighted by molar-refractivity contribution is -0.137. The molecule has 0 aliphatic carbocycles. The lowest BCUT2D eigenvalue weighted by Gasteiger charge is -2.16. The van der Waals surface area contributed by atoms with E-state index in [1.165, 1.54) is 6.07 Å². The summed E-state index contributed by atoms with van der Waals surface area (Å²) < 4.78 is 43.4. The van der Waals surface area contributed by atoms with Gasteiger partial charge in [-0.2, -0.15) is 13.2 Å². The molecule has 1 heterocycles. The molecule has 152 valence electrons. The highest BCUT2D eigenvalue weighted by atomic mass is 35.5. The maximum atomic E-state index is 12.9. The number of nitrogens with zero attached hydrogens (tertiary/aromatic N) is 2. The summed E-state index contributed by atoms with van der Waals surface area (Å²) in [5.74, 6) is 0.0182. The van der Waals surface area contributed by atoms with Gasteiger partial charge in [-0.3, -0.25) is 14.5 Å². The number of benzene rings is 1. The number of carbonyl (C=O) groups excluding carboxylic acids is 2. The third kappa shape index (κ3) is 6.54. The van der Waals surface area contributed by atoms with Gasteiger partial charge < -0.3 is 15.2 Å². The Labute approximate surface area is 163 Å². The summed E-state index contributed by atoms with van der Waals surface area (Å²) in [5, 5.41) is 8.11. The molecule has 7 nitrogen and oxygen atoms in total. The van der Waals surface area contributed by atoms with Crippen LogP contribution in [-0.4, -0.2) is 42.0 Å². The van der Waals surface area contributed by atoms with Crippen molar-refractivity contribution >= 4 is 34.9 Å². The summed E-state index contributed by atoms with van der Waals surface area (Å²) in [6.45, 7) is 1.83. The largest absolute Gasteiger partial charge is 0.417 e. The van der Waals surface area contributed by atoms with Crippen molar-refractivity contribution in [1.29, 1.82) is 0 Å². The first-order valence-corrected chi connectivity index (χ1v) is 8.50. The Hall–Kier alpha value is -2.59. The molecule has 11 heteroatoms. The number of amides is 2. The molecule has 0 radical (unpaired) electrons. The number of likely N-dealkylation sites (N-methyl/N-ethyl adjacent to an activating group) is 1. The average Bonchev–Trinajstić information content (AvgIpc) is 2.98. The molecule has 2 rings (SSSR count). The Morgan fingerprint density at radius 3 is 2.54 bits per heavy atom. The van der Waals surface area contributed by atoms with Gasteiger partial charge in [0.1, 0.15) is 5.76 Å². The average molecular weight is 419 g/mol. The van der Waals surface area contributed by atoms with Gasteiger partial charge in [0.15, 0.2) is 5.82 Å². The number of halogens is 4. The number of alkyl halides is 3. The fraction of sp³-hybridized carbons (Fsp3) is 0.353. The number of aryl methyl sites for hydroxylation is 1. The van der Waals surface area contributed by atoms with Gasteiger partial charge in [0.25, 0.3) is 0 Å². The van der Waals surface area contributed by atoms with E-state index in [2.05, 4.69) is 15.8 Å². The zero-order valence-corrected chi connectivity index (χ0v) is 15.8. The minimum Gasteiger partial charge on any atom is -0.360 e. The Morgan fingerprint density at radius 2 is 1.93 bits per heavy atom. The van der Waals surface area contributed by atoms with Gasteiger partial charge in [-0.1, -0.05) is 16.8 Å². The van der Waals surface area contributed by atoms with Gasteiger partial charge in [0, 0.05) is 24.7 Å². The number of anilines is 2. The summed E-state index contributed by atoms with van der Waals surface area (Å²) in [4.78, 5) is 25.4. The number of nitrogens with one attached hydrogen (secondary N) is 2. The van der Waals surface area contributed by atoms with Crippen molar-refractivity contribution in [2.45, 2.75) is 19.5 Å². The molecule has 0 saturated carbocycles. The van der Waals surface area contributed by atoms with E-state index in [0.717, 1.165) is 12.1 Å². The van der Waals surface area contributed by atoms with Gasteiger partial charge in [-0.05, 0) is 32.2 Å². The lowest BCUT2D eigenvalue weighted by atomic mass is 10.2. The van der Waals surface area contributed by atoms with Crippen molar-refractivity contribution in [1.82, 2.24) is 10.1 Å². The number of aromatic nitrogens is 1. The molecule has 0 atom stereocenters. The van der Waals surface area contributed by atoms with E-state index in [4.69, 9.17) is 16.1 Å². The predicted molar refractivity (Wildman–Crippen MR) is 97.1 cm³/mol. The first-order valence-electron chi connectivity index (χ1n) is 8.13. The third-order valence-electron chi connectivity index (χ3n) is 3.59. The molecule has 0 aliphatic heterocycles. The zero-order chi connectivity index (χ0) is 20.9. The molecule has 2 N–H and O–H groups in total. The minimum atomic E-state index is -4.62. The van der Waals surface area contributed by atoms with E-state index < -0.39 is 22.7 Å². The van der Waals surface area contributed by atoms with E-state index in [0.29, 0.717) is 11.6 Å². The molecule has 28 heavy (non-hydrogen) atoms. The second-order valence-electron chi connectivity index (χ2n) is 6.10. The van der Waals surface area contributed by atoms with Crippen LogP contribution in [0.4, 0.5) is 24.7 Å². The van der Waals surface area contributed by atoms with Crippen LogP contribution in [0.5, 0.6) is 0 Å². The Bertz CT molecular complexity index is 854. The normalized spacial score (nSPS) is 11.5. The monoisotopic (exact) mass is 418 g/mol. The van der Waals surface area contributed by atoms with E-state index in [9.17, 15) is 22.8 Å². The molecule has 0 fully saturated rings. The highest BCUT2D eigenvalue weighted by Gasteiger charge is 2.33. The molecule has 2 amide bonds. The summed E-state index contributed by atoms with van der Waals surface area (Å²) >= 11 is 5.54. The van der Waals surface area contributed by atoms with Crippen LogP contribution < -0.4 is 10.6 Å². The number of hydrogen-bond acceptors (Lipinski definition) is 5. The predicted octanol–water partition coefficient (Wildman–Crippen LogP) is 3.55. The topological polar surface area (TPSA) is 87.5 Å². The van der Waals surface area contributed by atoms with Gasteiger partial charge >= 0.3 is 6.18 Å². The summed E-state index contributed by atoms with van der Waals surface area (Å²) in [5.41, 5.74) is -1.05. The van der Waals surface area contributed by atoms with Crippen molar-refractivity contribution in [2.75, 3.05) is 30.8 Å². The van der Waals surface area contributed by atoms with Crippen LogP contribution in [0.15, 0.2) is 28.8 Å². The molecular weight excluding hydrogens is 401 g/mol. The minimum absolute atomic E-state index is 0.0192. The first kappa shape index (κ1) is 21.7. The molecule has 2 aromatic rings. The highest BCUT2D eigenvalue weighted by Crippen LogP contribution is 2.36. The number of hydrogen-bond donors (Lipinski definition) is 2. The maximum Gasteiger partial charge on any atom is 0.417 e. The molecule has 0 aliphatic rings. The van der Waals surface area contributed by atoms with Gasteiger partial charge in [0.2, 0.25) is 11.8 Å². The van der Waals surface area contributed by atoms with E-state index >= 15 is 0 Å².